The van der Waals surface area contributed by atoms with Crippen molar-refractivity contribution in [3.63, 3.8) is 0 Å². The van der Waals surface area contributed by atoms with Crippen LogP contribution in [0.5, 0.6) is 0 Å². The monoisotopic (exact) mass is 157 g/mol. The zero-order valence-electron chi connectivity index (χ0n) is 7.60. The molecular weight excluding hydrogens is 138 g/mol. The Morgan fingerprint density at radius 2 is 2.09 bits per heavy atom. The van der Waals surface area contributed by atoms with E-state index < -0.39 is 0 Å². The lowest BCUT2D eigenvalue weighted by Gasteiger charge is -2.45. The van der Waals surface area contributed by atoms with Crippen LogP contribution in [0.15, 0.2) is 0 Å². The van der Waals surface area contributed by atoms with Gasteiger partial charge < -0.3 is 10.5 Å². The molecule has 0 aromatic heterocycles. The van der Waals surface area contributed by atoms with Gasteiger partial charge in [-0.25, -0.2) is 0 Å². The molecule has 2 N–H and O–H groups in total. The number of rotatable bonds is 4. The van der Waals surface area contributed by atoms with E-state index in [2.05, 4.69) is 13.8 Å². The first kappa shape index (κ1) is 9.01. The molecule has 1 fully saturated rings. The van der Waals surface area contributed by atoms with Crippen molar-refractivity contribution in [1.29, 1.82) is 0 Å². The van der Waals surface area contributed by atoms with E-state index in [0.717, 1.165) is 32.1 Å². The van der Waals surface area contributed by atoms with Crippen molar-refractivity contribution < 1.29 is 4.74 Å². The largest absolute Gasteiger partial charge is 0.380 e. The van der Waals surface area contributed by atoms with E-state index in [-0.39, 0.29) is 0 Å². The molecule has 1 saturated heterocycles. The SMILES string of the molecule is CC(C)C1(CCCN)COC1. The topological polar surface area (TPSA) is 35.2 Å². The molecule has 0 bridgehead atoms. The molecule has 0 aromatic rings. The van der Waals surface area contributed by atoms with Crippen LogP contribution in [-0.4, -0.2) is 19.8 Å². The summed E-state index contributed by atoms with van der Waals surface area (Å²) in [5, 5.41) is 0. The summed E-state index contributed by atoms with van der Waals surface area (Å²) >= 11 is 0. The molecule has 66 valence electrons. The zero-order chi connectivity index (χ0) is 8.32. The molecule has 1 heterocycles. The smallest absolute Gasteiger partial charge is 0.0547 e. The van der Waals surface area contributed by atoms with Crippen LogP contribution >= 0.6 is 0 Å². The molecule has 0 spiro atoms. The second-order valence-electron chi connectivity index (χ2n) is 3.90. The number of ether oxygens (including phenoxy) is 1. The molecule has 0 amide bonds. The van der Waals surface area contributed by atoms with Crippen molar-refractivity contribution in [2.45, 2.75) is 26.7 Å². The average Bonchev–Trinajstić information content (AvgIpc) is 1.85. The molecule has 2 nitrogen and oxygen atoms in total. The fraction of sp³-hybridized carbons (Fsp3) is 1.00. The van der Waals surface area contributed by atoms with Crippen LogP contribution < -0.4 is 5.73 Å². The summed E-state index contributed by atoms with van der Waals surface area (Å²) in [7, 11) is 0. The molecular formula is C9H19NO. The van der Waals surface area contributed by atoms with Gasteiger partial charge in [-0.15, -0.1) is 0 Å². The first-order valence-electron chi connectivity index (χ1n) is 4.49. The standard InChI is InChI=1S/C9H19NO/c1-8(2)9(4-3-5-10)6-11-7-9/h8H,3-7,10H2,1-2H3. The highest BCUT2D eigenvalue weighted by Gasteiger charge is 2.40. The van der Waals surface area contributed by atoms with Crippen LogP contribution in [-0.2, 0) is 4.74 Å². The minimum atomic E-state index is 0.472. The lowest BCUT2D eigenvalue weighted by Crippen LogP contribution is -2.46. The Hall–Kier alpha value is -0.0800. The van der Waals surface area contributed by atoms with Crippen LogP contribution in [0.2, 0.25) is 0 Å². The van der Waals surface area contributed by atoms with E-state index in [4.69, 9.17) is 10.5 Å². The van der Waals surface area contributed by atoms with Crippen LogP contribution in [0.1, 0.15) is 26.7 Å². The van der Waals surface area contributed by atoms with E-state index in [1.54, 1.807) is 0 Å². The highest BCUT2D eigenvalue weighted by atomic mass is 16.5. The Morgan fingerprint density at radius 1 is 1.45 bits per heavy atom. The molecule has 0 atom stereocenters. The Balaban J connectivity index is 2.34. The summed E-state index contributed by atoms with van der Waals surface area (Å²) in [6.07, 6.45) is 2.38. The summed E-state index contributed by atoms with van der Waals surface area (Å²) in [6.45, 7) is 7.27. The summed E-state index contributed by atoms with van der Waals surface area (Å²) in [4.78, 5) is 0. The third kappa shape index (κ3) is 1.74. The Morgan fingerprint density at radius 3 is 2.36 bits per heavy atom. The first-order chi connectivity index (χ1) is 5.21. The van der Waals surface area contributed by atoms with Crippen LogP contribution in [0.4, 0.5) is 0 Å². The summed E-state index contributed by atoms with van der Waals surface area (Å²) in [5.41, 5.74) is 5.95. The van der Waals surface area contributed by atoms with E-state index in [1.165, 1.54) is 6.42 Å². The summed E-state index contributed by atoms with van der Waals surface area (Å²) in [6, 6.07) is 0. The highest BCUT2D eigenvalue weighted by molar-refractivity contribution is 4.88. The summed E-state index contributed by atoms with van der Waals surface area (Å²) in [5.74, 6) is 0.739. The van der Waals surface area contributed by atoms with Crippen LogP contribution in [0.3, 0.4) is 0 Å². The molecule has 0 aliphatic carbocycles. The fourth-order valence-electron chi connectivity index (χ4n) is 1.58. The Kier molecular flexibility index (Phi) is 2.90. The van der Waals surface area contributed by atoms with Gasteiger partial charge in [-0.2, -0.15) is 0 Å². The van der Waals surface area contributed by atoms with Crippen LogP contribution in [0.25, 0.3) is 0 Å². The molecule has 1 aliphatic rings. The van der Waals surface area contributed by atoms with Gasteiger partial charge in [0.25, 0.3) is 0 Å². The Bertz CT molecular complexity index is 119. The lowest BCUT2D eigenvalue weighted by atomic mass is 9.72. The van der Waals surface area contributed by atoms with Crippen LogP contribution in [0, 0.1) is 11.3 Å². The van der Waals surface area contributed by atoms with E-state index in [0.29, 0.717) is 5.41 Å². The van der Waals surface area contributed by atoms with E-state index in [9.17, 15) is 0 Å². The minimum absolute atomic E-state index is 0.472. The molecule has 1 aliphatic heterocycles. The third-order valence-electron chi connectivity index (χ3n) is 2.88. The van der Waals surface area contributed by atoms with Crippen molar-refractivity contribution in [2.75, 3.05) is 19.8 Å². The quantitative estimate of drug-likeness (QED) is 0.669. The second-order valence-corrected chi connectivity index (χ2v) is 3.90. The minimum Gasteiger partial charge on any atom is -0.380 e. The molecule has 0 radical (unpaired) electrons. The van der Waals surface area contributed by atoms with Gasteiger partial charge in [0.05, 0.1) is 13.2 Å². The van der Waals surface area contributed by atoms with Gasteiger partial charge in [-0.3, -0.25) is 0 Å². The van der Waals surface area contributed by atoms with Crippen molar-refractivity contribution in [2.24, 2.45) is 17.1 Å². The predicted molar refractivity (Wildman–Crippen MR) is 46.4 cm³/mol. The van der Waals surface area contributed by atoms with Crippen molar-refractivity contribution in [3.05, 3.63) is 0 Å². The van der Waals surface area contributed by atoms with Gasteiger partial charge in [0.2, 0.25) is 0 Å². The second kappa shape index (κ2) is 3.55. The van der Waals surface area contributed by atoms with Crippen molar-refractivity contribution in [3.8, 4) is 0 Å². The normalized spacial score (nSPS) is 21.8. The van der Waals surface area contributed by atoms with E-state index in [1.807, 2.05) is 0 Å². The van der Waals surface area contributed by atoms with Crippen molar-refractivity contribution in [1.82, 2.24) is 0 Å². The predicted octanol–water partition coefficient (Wildman–Crippen LogP) is 1.40. The fourth-order valence-corrected chi connectivity index (χ4v) is 1.58. The maximum atomic E-state index is 5.47. The molecule has 1 rings (SSSR count). The maximum Gasteiger partial charge on any atom is 0.0547 e. The molecule has 2 heteroatoms. The van der Waals surface area contributed by atoms with Gasteiger partial charge in [-0.1, -0.05) is 13.8 Å². The summed E-state index contributed by atoms with van der Waals surface area (Å²) < 4.78 is 5.26. The van der Waals surface area contributed by atoms with Gasteiger partial charge in [0, 0.05) is 5.41 Å². The highest BCUT2D eigenvalue weighted by Crippen LogP contribution is 2.39. The average molecular weight is 157 g/mol. The zero-order valence-corrected chi connectivity index (χ0v) is 7.60. The van der Waals surface area contributed by atoms with Gasteiger partial charge in [0.15, 0.2) is 0 Å². The number of hydrogen-bond acceptors (Lipinski definition) is 2. The third-order valence-corrected chi connectivity index (χ3v) is 2.88. The molecule has 0 unspecified atom stereocenters. The van der Waals surface area contributed by atoms with E-state index >= 15 is 0 Å². The van der Waals surface area contributed by atoms with Crippen molar-refractivity contribution >= 4 is 0 Å². The lowest BCUT2D eigenvalue weighted by molar-refractivity contribution is -0.143. The van der Waals surface area contributed by atoms with Gasteiger partial charge >= 0.3 is 0 Å². The van der Waals surface area contributed by atoms with Gasteiger partial charge in [0.1, 0.15) is 0 Å². The number of nitrogens with two attached hydrogens (primary N) is 1. The number of hydrogen-bond donors (Lipinski definition) is 1. The molecule has 0 aromatic carbocycles. The Labute approximate surface area is 69.1 Å². The molecule has 0 saturated carbocycles. The molecule has 11 heavy (non-hydrogen) atoms. The first-order valence-corrected chi connectivity index (χ1v) is 4.49. The maximum absolute atomic E-state index is 5.47. The van der Waals surface area contributed by atoms with Gasteiger partial charge in [-0.05, 0) is 25.3 Å².